The van der Waals surface area contributed by atoms with E-state index in [0.29, 0.717) is 37.7 Å². The number of halogens is 6. The van der Waals surface area contributed by atoms with Gasteiger partial charge in [-0.25, -0.2) is 9.97 Å². The molecule has 2 aromatic heterocycles. The molecule has 3 aromatic rings. The third-order valence-electron chi connectivity index (χ3n) is 4.52. The highest BCUT2D eigenvalue weighted by Crippen LogP contribution is 2.53. The second kappa shape index (κ2) is 7.60. The second-order valence-corrected chi connectivity index (χ2v) is 8.90. The number of hydrogen-bond donors (Lipinski definition) is 0. The summed E-state index contributed by atoms with van der Waals surface area (Å²) in [7, 11) is 0.610. The van der Waals surface area contributed by atoms with E-state index in [2.05, 4.69) is 9.97 Å². The van der Waals surface area contributed by atoms with Crippen molar-refractivity contribution in [2.75, 3.05) is 5.75 Å². The van der Waals surface area contributed by atoms with Crippen LogP contribution in [0.4, 0.5) is 26.3 Å². The predicted molar refractivity (Wildman–Crippen MR) is 104 cm³/mol. The molecule has 2 unspecified atom stereocenters. The Morgan fingerprint density at radius 1 is 1.13 bits per heavy atom. The summed E-state index contributed by atoms with van der Waals surface area (Å²) in [6, 6.07) is 7.21. The number of hydrogen-bond acceptors (Lipinski definition) is 3. The van der Waals surface area contributed by atoms with Crippen LogP contribution in [-0.2, 0) is 23.8 Å². The molecule has 2 heterocycles. The molecule has 1 aromatic carbocycles. The van der Waals surface area contributed by atoms with Gasteiger partial charge in [-0.2, -0.15) is 26.3 Å². The molecule has 0 bridgehead atoms. The van der Waals surface area contributed by atoms with Crippen LogP contribution in [0.5, 0.6) is 0 Å². The molecule has 162 valence electrons. The van der Waals surface area contributed by atoms with E-state index < -0.39 is 33.9 Å². The fourth-order valence-corrected chi connectivity index (χ4v) is 4.01. The van der Waals surface area contributed by atoms with E-state index in [1.165, 1.54) is 11.6 Å². The molecule has 2 atom stereocenters. The maximum Gasteiger partial charge on any atom is 0.379 e. The number of aromatic nitrogens is 3. The molecule has 0 aliphatic rings. The lowest BCUT2D eigenvalue weighted by Crippen LogP contribution is -2.49. The summed E-state index contributed by atoms with van der Waals surface area (Å²) in [5, 5.41) is 0. The van der Waals surface area contributed by atoms with Crippen LogP contribution in [0.1, 0.15) is 12.5 Å². The van der Waals surface area contributed by atoms with Crippen LogP contribution in [0.25, 0.3) is 22.6 Å². The van der Waals surface area contributed by atoms with Gasteiger partial charge in [0.15, 0.2) is 5.65 Å². The zero-order chi connectivity index (χ0) is 22.5. The van der Waals surface area contributed by atoms with Crippen molar-refractivity contribution in [1.82, 2.24) is 14.5 Å². The summed E-state index contributed by atoms with van der Waals surface area (Å²) in [5.74, 6) is -10.3. The summed E-state index contributed by atoms with van der Waals surface area (Å²) in [6.45, 7) is 1.72. The van der Waals surface area contributed by atoms with Crippen LogP contribution in [-0.4, -0.2) is 36.1 Å². The molecule has 30 heavy (non-hydrogen) atoms. The lowest BCUT2D eigenvalue weighted by molar-refractivity contribution is -0.283. The molecular weight excluding hydrogens is 451 g/mol. The second-order valence-electron chi connectivity index (χ2n) is 6.46. The Bertz CT molecular complexity index is 1130. The van der Waals surface area contributed by atoms with Crippen LogP contribution in [0.2, 0.25) is 0 Å². The maximum absolute atomic E-state index is 14.2. The number of alkyl halides is 6. The molecule has 0 radical (unpaired) electrons. The van der Waals surface area contributed by atoms with E-state index in [4.69, 9.17) is 0 Å². The standard InChI is InChI=1S/C18H16F6N3OPS/c1-3-30(28)13-7-5-4-6-11(13)14-26-12-8-10(9-25-15(12)27(14)2)16(19,20)17(21,22)18(23,24)29/h4-9H,3,29H2,1-2H3. The highest BCUT2D eigenvalue weighted by atomic mass is 32.2. The minimum absolute atomic E-state index is 0.0718. The molecule has 12 heteroatoms. The molecule has 0 spiro atoms. The van der Waals surface area contributed by atoms with Crippen molar-refractivity contribution in [1.29, 1.82) is 0 Å². The first-order chi connectivity index (χ1) is 13.8. The largest absolute Gasteiger partial charge is 0.379 e. The van der Waals surface area contributed by atoms with Crippen LogP contribution < -0.4 is 0 Å². The topological polar surface area (TPSA) is 47.8 Å². The maximum atomic E-state index is 14.2. The smallest absolute Gasteiger partial charge is 0.312 e. The molecular formula is C18H16F6N3OPS. The van der Waals surface area contributed by atoms with Crippen molar-refractivity contribution in [2.45, 2.75) is 29.3 Å². The molecule has 0 N–H and O–H groups in total. The molecule has 0 aliphatic heterocycles. The van der Waals surface area contributed by atoms with Crippen molar-refractivity contribution in [2.24, 2.45) is 7.05 Å². The SMILES string of the molecule is CCS(=O)c1ccccc1-c1nc2cc(C(F)(F)C(F)(F)C(F)(F)P)cnc2n1C. The third-order valence-corrected chi connectivity index (χ3v) is 6.25. The number of fused-ring (bicyclic) bond motifs is 1. The third kappa shape index (κ3) is 3.51. The summed E-state index contributed by atoms with van der Waals surface area (Å²) in [4.78, 5) is 8.37. The van der Waals surface area contributed by atoms with Crippen molar-refractivity contribution in [3.63, 3.8) is 0 Å². The molecule has 4 nitrogen and oxygen atoms in total. The van der Waals surface area contributed by atoms with E-state index in [1.807, 2.05) is 0 Å². The fourth-order valence-electron chi connectivity index (χ4n) is 2.88. The lowest BCUT2D eigenvalue weighted by atomic mass is 10.0. The average Bonchev–Trinajstić information content (AvgIpc) is 3.02. The number of pyridine rings is 1. The van der Waals surface area contributed by atoms with E-state index in [-0.39, 0.29) is 17.0 Å². The monoisotopic (exact) mass is 467 g/mol. The van der Waals surface area contributed by atoms with Gasteiger partial charge in [-0.05, 0) is 12.1 Å². The van der Waals surface area contributed by atoms with Gasteiger partial charge >= 0.3 is 17.5 Å². The quantitative estimate of drug-likeness (QED) is 0.381. The average molecular weight is 467 g/mol. The number of benzene rings is 1. The van der Waals surface area contributed by atoms with Crippen molar-refractivity contribution >= 4 is 31.2 Å². The number of imidazole rings is 1. The van der Waals surface area contributed by atoms with E-state index >= 15 is 0 Å². The summed E-state index contributed by atoms with van der Waals surface area (Å²) in [6.07, 6.45) is 0.425. The predicted octanol–water partition coefficient (Wildman–Crippen LogP) is 4.96. The van der Waals surface area contributed by atoms with Crippen molar-refractivity contribution in [3.05, 3.63) is 42.1 Å². The van der Waals surface area contributed by atoms with Crippen molar-refractivity contribution < 1.29 is 30.6 Å². The Hall–Kier alpha value is -2.00. The minimum atomic E-state index is -5.66. The first-order valence-electron chi connectivity index (χ1n) is 8.56. The summed E-state index contributed by atoms with van der Waals surface area (Å²) >= 11 is 0. The Morgan fingerprint density at radius 2 is 1.77 bits per heavy atom. The first-order valence-corrected chi connectivity index (χ1v) is 10.5. The van der Waals surface area contributed by atoms with Gasteiger partial charge in [0.25, 0.3) is 0 Å². The van der Waals surface area contributed by atoms with Crippen LogP contribution in [0.15, 0.2) is 41.4 Å². The summed E-state index contributed by atoms with van der Waals surface area (Å²) in [5.41, 5.74) is -6.10. The fraction of sp³-hybridized carbons (Fsp3) is 0.333. The lowest BCUT2D eigenvalue weighted by Gasteiger charge is -2.30. The molecule has 0 aliphatic carbocycles. The highest BCUT2D eigenvalue weighted by Gasteiger charge is 2.70. The minimum Gasteiger partial charge on any atom is -0.312 e. The van der Waals surface area contributed by atoms with Gasteiger partial charge in [0.1, 0.15) is 11.3 Å². The van der Waals surface area contributed by atoms with Crippen LogP contribution in [0, 0.1) is 0 Å². The zero-order valence-corrected chi connectivity index (χ0v) is 17.6. The molecule has 3 rings (SSSR count). The Kier molecular flexibility index (Phi) is 5.75. The van der Waals surface area contributed by atoms with Gasteiger partial charge < -0.3 is 4.57 Å². The van der Waals surface area contributed by atoms with Crippen LogP contribution >= 0.6 is 9.24 Å². The number of rotatable bonds is 6. The summed E-state index contributed by atoms with van der Waals surface area (Å²) < 4.78 is 95.9. The van der Waals surface area contributed by atoms with Gasteiger partial charge in [-0.15, -0.1) is 0 Å². The first kappa shape index (κ1) is 22.7. The van der Waals surface area contributed by atoms with Gasteiger partial charge in [0.2, 0.25) is 0 Å². The molecule has 0 amide bonds. The van der Waals surface area contributed by atoms with Gasteiger partial charge in [0.05, 0.1) is 10.8 Å². The number of aryl methyl sites for hydroxylation is 1. The molecule has 0 saturated heterocycles. The molecule has 0 saturated carbocycles. The van der Waals surface area contributed by atoms with Crippen molar-refractivity contribution in [3.8, 4) is 11.4 Å². The highest BCUT2D eigenvalue weighted by molar-refractivity contribution is 7.85. The normalized spacial score (nSPS) is 14.3. The van der Waals surface area contributed by atoms with Gasteiger partial charge in [-0.3, -0.25) is 4.21 Å². The number of nitrogens with zero attached hydrogens (tertiary/aromatic N) is 3. The van der Waals surface area contributed by atoms with Gasteiger partial charge in [0, 0.05) is 35.0 Å². The van der Waals surface area contributed by atoms with E-state index in [9.17, 15) is 30.6 Å². The van der Waals surface area contributed by atoms with E-state index in [1.54, 1.807) is 31.2 Å². The molecule has 0 fully saturated rings. The Balaban J connectivity index is 2.17. The van der Waals surface area contributed by atoms with Gasteiger partial charge in [-0.1, -0.05) is 34.4 Å². The zero-order valence-electron chi connectivity index (χ0n) is 15.7. The Labute approximate surface area is 172 Å². The van der Waals surface area contributed by atoms with E-state index in [0.717, 1.165) is 0 Å². The van der Waals surface area contributed by atoms with Crippen LogP contribution in [0.3, 0.4) is 0 Å². The Morgan fingerprint density at radius 3 is 2.37 bits per heavy atom.